The van der Waals surface area contributed by atoms with Gasteiger partial charge < -0.3 is 4.74 Å². The standard InChI is InChI=1S/C21H23NO5S/c1-4-22(5-2)28(25,26)20-13-6-17(7-14-20)8-15-21(24)27-19-11-9-18(10-12-19)16(3)23/h6-15H,4-5H2,1-3H3/b15-8+. The van der Waals surface area contributed by atoms with Gasteiger partial charge in [-0.3, -0.25) is 4.79 Å². The zero-order chi connectivity index (χ0) is 20.7. The minimum Gasteiger partial charge on any atom is -0.423 e. The third kappa shape index (κ3) is 5.37. The topological polar surface area (TPSA) is 80.8 Å². The number of rotatable bonds is 8. The molecule has 0 spiro atoms. The van der Waals surface area contributed by atoms with Crippen molar-refractivity contribution in [2.45, 2.75) is 25.7 Å². The number of sulfonamides is 1. The molecule has 0 heterocycles. The molecule has 2 aromatic rings. The summed E-state index contributed by atoms with van der Waals surface area (Å²) in [6, 6.07) is 12.6. The van der Waals surface area contributed by atoms with Crippen molar-refractivity contribution in [3.8, 4) is 5.75 Å². The maximum atomic E-state index is 12.5. The molecule has 6 nitrogen and oxygen atoms in total. The average molecular weight is 401 g/mol. The first-order valence-corrected chi connectivity index (χ1v) is 10.3. The van der Waals surface area contributed by atoms with Crippen LogP contribution in [-0.4, -0.2) is 37.6 Å². The smallest absolute Gasteiger partial charge is 0.336 e. The lowest BCUT2D eigenvalue weighted by molar-refractivity contribution is -0.128. The van der Waals surface area contributed by atoms with E-state index in [2.05, 4.69) is 0 Å². The molecule has 0 aromatic heterocycles. The summed E-state index contributed by atoms with van der Waals surface area (Å²) < 4.78 is 31.5. The van der Waals surface area contributed by atoms with Gasteiger partial charge in [0.25, 0.3) is 0 Å². The molecule has 28 heavy (non-hydrogen) atoms. The van der Waals surface area contributed by atoms with E-state index in [1.807, 2.05) is 0 Å². The van der Waals surface area contributed by atoms with Crippen LogP contribution in [0.15, 0.2) is 59.5 Å². The molecule has 0 amide bonds. The average Bonchev–Trinajstić information content (AvgIpc) is 2.68. The lowest BCUT2D eigenvalue weighted by Crippen LogP contribution is -2.30. The summed E-state index contributed by atoms with van der Waals surface area (Å²) in [5, 5.41) is 0. The molecule has 0 saturated heterocycles. The number of nitrogens with zero attached hydrogens (tertiary/aromatic N) is 1. The van der Waals surface area contributed by atoms with E-state index in [1.165, 1.54) is 29.4 Å². The van der Waals surface area contributed by atoms with Crippen LogP contribution in [0.25, 0.3) is 6.08 Å². The van der Waals surface area contributed by atoms with Crippen LogP contribution in [0.4, 0.5) is 0 Å². The van der Waals surface area contributed by atoms with Crippen molar-refractivity contribution in [1.29, 1.82) is 0 Å². The van der Waals surface area contributed by atoms with E-state index in [0.29, 0.717) is 30.0 Å². The van der Waals surface area contributed by atoms with Gasteiger partial charge in [-0.25, -0.2) is 13.2 Å². The van der Waals surface area contributed by atoms with Crippen LogP contribution in [0.2, 0.25) is 0 Å². The predicted molar refractivity (Wildman–Crippen MR) is 108 cm³/mol. The number of hydrogen-bond acceptors (Lipinski definition) is 5. The molecule has 0 saturated carbocycles. The molecular weight excluding hydrogens is 378 g/mol. The molecule has 2 aromatic carbocycles. The molecule has 0 fully saturated rings. The molecule has 0 aliphatic rings. The summed E-state index contributed by atoms with van der Waals surface area (Å²) in [5.74, 6) is -0.306. The molecule has 2 rings (SSSR count). The Kier molecular flexibility index (Phi) is 7.25. The fourth-order valence-electron chi connectivity index (χ4n) is 2.54. The summed E-state index contributed by atoms with van der Waals surface area (Å²) in [7, 11) is -3.51. The van der Waals surface area contributed by atoms with Crippen LogP contribution < -0.4 is 4.74 Å². The summed E-state index contributed by atoms with van der Waals surface area (Å²) in [6.45, 7) is 5.84. The number of Topliss-reactive ketones (excluding diaryl/α,β-unsaturated/α-hetero) is 1. The largest absolute Gasteiger partial charge is 0.423 e. The molecule has 0 aliphatic heterocycles. The molecular formula is C21H23NO5S. The van der Waals surface area contributed by atoms with Crippen LogP contribution in [0.5, 0.6) is 5.75 Å². The van der Waals surface area contributed by atoms with Crippen molar-refractivity contribution in [2.24, 2.45) is 0 Å². The second kappa shape index (κ2) is 9.43. The van der Waals surface area contributed by atoms with Crippen LogP contribution in [-0.2, 0) is 14.8 Å². The van der Waals surface area contributed by atoms with Crippen molar-refractivity contribution < 1.29 is 22.7 Å². The highest BCUT2D eigenvalue weighted by molar-refractivity contribution is 7.89. The fraction of sp³-hybridized carbons (Fsp3) is 0.238. The van der Waals surface area contributed by atoms with E-state index in [1.54, 1.807) is 56.3 Å². The quantitative estimate of drug-likeness (QED) is 0.292. The maximum Gasteiger partial charge on any atom is 0.336 e. The Morgan fingerprint density at radius 2 is 1.54 bits per heavy atom. The normalized spacial score (nSPS) is 11.7. The zero-order valence-electron chi connectivity index (χ0n) is 16.1. The summed E-state index contributed by atoms with van der Waals surface area (Å²) in [4.78, 5) is 23.4. The van der Waals surface area contributed by atoms with E-state index in [9.17, 15) is 18.0 Å². The SMILES string of the molecule is CCN(CC)S(=O)(=O)c1ccc(/C=C/C(=O)Oc2ccc(C(C)=O)cc2)cc1. The summed E-state index contributed by atoms with van der Waals surface area (Å²) in [6.07, 6.45) is 2.80. The third-order valence-corrected chi connectivity index (χ3v) is 6.18. The first-order chi connectivity index (χ1) is 13.3. The van der Waals surface area contributed by atoms with Gasteiger partial charge in [0, 0.05) is 24.7 Å². The zero-order valence-corrected chi connectivity index (χ0v) is 16.9. The van der Waals surface area contributed by atoms with Gasteiger partial charge in [0.1, 0.15) is 5.75 Å². The Balaban J connectivity index is 2.04. The van der Waals surface area contributed by atoms with E-state index < -0.39 is 16.0 Å². The highest BCUT2D eigenvalue weighted by atomic mass is 32.2. The van der Waals surface area contributed by atoms with Crippen molar-refractivity contribution in [1.82, 2.24) is 4.31 Å². The van der Waals surface area contributed by atoms with E-state index in [0.717, 1.165) is 0 Å². The van der Waals surface area contributed by atoms with Crippen LogP contribution in [0.1, 0.15) is 36.7 Å². The van der Waals surface area contributed by atoms with Gasteiger partial charge in [-0.15, -0.1) is 0 Å². The maximum absolute atomic E-state index is 12.5. The Bertz CT molecular complexity index is 957. The second-order valence-electron chi connectivity index (χ2n) is 5.99. The van der Waals surface area contributed by atoms with E-state index in [-0.39, 0.29) is 10.7 Å². The van der Waals surface area contributed by atoms with Crippen LogP contribution in [0.3, 0.4) is 0 Å². The van der Waals surface area contributed by atoms with Gasteiger partial charge in [0.2, 0.25) is 10.0 Å². The molecule has 7 heteroatoms. The fourth-order valence-corrected chi connectivity index (χ4v) is 3.99. The Labute approximate surface area is 165 Å². The highest BCUT2D eigenvalue weighted by Gasteiger charge is 2.20. The van der Waals surface area contributed by atoms with Gasteiger partial charge in [0.05, 0.1) is 4.90 Å². The van der Waals surface area contributed by atoms with Crippen LogP contribution in [0, 0.1) is 0 Å². The Morgan fingerprint density at radius 1 is 0.964 bits per heavy atom. The number of esters is 1. The second-order valence-corrected chi connectivity index (χ2v) is 7.93. The van der Waals surface area contributed by atoms with Gasteiger partial charge in [-0.2, -0.15) is 4.31 Å². The molecule has 148 valence electrons. The highest BCUT2D eigenvalue weighted by Crippen LogP contribution is 2.17. The van der Waals surface area contributed by atoms with Gasteiger partial charge >= 0.3 is 5.97 Å². The third-order valence-electron chi connectivity index (χ3n) is 4.11. The number of carbonyl (C=O) groups is 2. The number of benzene rings is 2. The molecule has 0 atom stereocenters. The van der Waals surface area contributed by atoms with Crippen molar-refractivity contribution >= 4 is 27.9 Å². The van der Waals surface area contributed by atoms with Crippen molar-refractivity contribution in [3.05, 3.63) is 65.7 Å². The lowest BCUT2D eigenvalue weighted by atomic mass is 10.1. The molecule has 0 radical (unpaired) electrons. The number of ketones is 1. The number of carbonyl (C=O) groups excluding carboxylic acids is 2. The Hall–Kier alpha value is -2.77. The molecule has 0 N–H and O–H groups in total. The number of ether oxygens (including phenoxy) is 1. The van der Waals surface area contributed by atoms with Gasteiger partial charge in [0.15, 0.2) is 5.78 Å². The van der Waals surface area contributed by atoms with Gasteiger partial charge in [-0.05, 0) is 55.0 Å². The minimum absolute atomic E-state index is 0.0655. The minimum atomic E-state index is -3.51. The number of hydrogen-bond donors (Lipinski definition) is 0. The lowest BCUT2D eigenvalue weighted by Gasteiger charge is -2.18. The predicted octanol–water partition coefficient (Wildman–Crippen LogP) is 3.54. The molecule has 0 aliphatic carbocycles. The van der Waals surface area contributed by atoms with E-state index >= 15 is 0 Å². The molecule has 0 unspecified atom stereocenters. The first-order valence-electron chi connectivity index (χ1n) is 8.89. The van der Waals surface area contributed by atoms with Crippen molar-refractivity contribution in [2.75, 3.05) is 13.1 Å². The van der Waals surface area contributed by atoms with Crippen molar-refractivity contribution in [3.63, 3.8) is 0 Å². The molecule has 0 bridgehead atoms. The van der Waals surface area contributed by atoms with Crippen LogP contribution >= 0.6 is 0 Å². The monoisotopic (exact) mass is 401 g/mol. The summed E-state index contributed by atoms with van der Waals surface area (Å²) in [5.41, 5.74) is 1.21. The Morgan fingerprint density at radius 3 is 2.04 bits per heavy atom. The van der Waals surface area contributed by atoms with E-state index in [4.69, 9.17) is 4.74 Å². The first kappa shape index (κ1) is 21.5. The summed E-state index contributed by atoms with van der Waals surface area (Å²) >= 11 is 0. The van der Waals surface area contributed by atoms with Gasteiger partial charge in [-0.1, -0.05) is 26.0 Å².